The number of halogens is 1. The quantitative estimate of drug-likeness (QED) is 0.830. The van der Waals surface area contributed by atoms with E-state index in [0.29, 0.717) is 18.0 Å². The molecule has 0 bridgehead atoms. The molecule has 1 aliphatic rings. The summed E-state index contributed by atoms with van der Waals surface area (Å²) in [4.78, 5) is 2.02. The Labute approximate surface area is 126 Å². The van der Waals surface area contributed by atoms with E-state index in [-0.39, 0.29) is 0 Å². The Balaban J connectivity index is 2.17. The van der Waals surface area contributed by atoms with Crippen molar-refractivity contribution in [2.45, 2.75) is 11.9 Å². The second kappa shape index (κ2) is 6.03. The molecule has 0 aliphatic carbocycles. The summed E-state index contributed by atoms with van der Waals surface area (Å²) in [5.74, 6) is 1.61. The van der Waals surface area contributed by atoms with Crippen LogP contribution >= 0.6 is 27.7 Å². The maximum atomic E-state index is 11.8. The van der Waals surface area contributed by atoms with Crippen molar-refractivity contribution >= 4 is 43.2 Å². The summed E-state index contributed by atoms with van der Waals surface area (Å²) in [6, 6.07) is 5.77. The third-order valence-electron chi connectivity index (χ3n) is 3.13. The Kier molecular flexibility index (Phi) is 4.81. The number of nitrogen functional groups attached to an aromatic ring is 1. The van der Waals surface area contributed by atoms with Gasteiger partial charge in [-0.2, -0.15) is 11.8 Å². The highest BCUT2D eigenvalue weighted by Gasteiger charge is 2.30. The molecular weight excluding hydrogens is 348 g/mol. The molecule has 1 aromatic carbocycles. The zero-order valence-corrected chi connectivity index (χ0v) is 13.9. The molecule has 1 saturated heterocycles. The zero-order chi connectivity index (χ0) is 14.0. The van der Waals surface area contributed by atoms with E-state index in [4.69, 9.17) is 5.73 Å². The van der Waals surface area contributed by atoms with Crippen LogP contribution in [0.3, 0.4) is 0 Å². The molecule has 0 aromatic heterocycles. The number of benzene rings is 1. The van der Waals surface area contributed by atoms with Crippen molar-refractivity contribution in [2.75, 3.05) is 30.0 Å². The number of nitrogens with two attached hydrogens (primary N) is 1. The predicted molar refractivity (Wildman–Crippen MR) is 84.9 cm³/mol. The van der Waals surface area contributed by atoms with Crippen LogP contribution in [0.25, 0.3) is 0 Å². The Bertz CT molecular complexity index is 563. The average Bonchev–Trinajstić information content (AvgIpc) is 2.33. The second-order valence-corrected chi connectivity index (χ2v) is 8.89. The largest absolute Gasteiger partial charge is 0.398 e. The minimum atomic E-state index is -3.05. The summed E-state index contributed by atoms with van der Waals surface area (Å²) in [7, 11) is -3.05. The van der Waals surface area contributed by atoms with Crippen molar-refractivity contribution in [1.29, 1.82) is 0 Å². The lowest BCUT2D eigenvalue weighted by Gasteiger charge is -2.34. The van der Waals surface area contributed by atoms with Crippen LogP contribution in [0.5, 0.6) is 0 Å². The monoisotopic (exact) mass is 364 g/mol. The number of anilines is 1. The Morgan fingerprint density at radius 3 is 2.89 bits per heavy atom. The van der Waals surface area contributed by atoms with Gasteiger partial charge in [-0.1, -0.05) is 6.07 Å². The third kappa shape index (κ3) is 3.87. The van der Waals surface area contributed by atoms with Crippen molar-refractivity contribution in [1.82, 2.24) is 4.90 Å². The SMILES string of the molecule is CS(=O)(=O)C1CSCCN1Cc1ccc(Br)c(N)c1. The summed E-state index contributed by atoms with van der Waals surface area (Å²) in [6.45, 7) is 1.41. The van der Waals surface area contributed by atoms with E-state index in [2.05, 4.69) is 15.9 Å². The molecule has 4 nitrogen and oxygen atoms in total. The third-order valence-corrected chi connectivity index (χ3v) is 6.54. The van der Waals surface area contributed by atoms with Crippen LogP contribution in [0, 0.1) is 0 Å². The first kappa shape index (κ1) is 15.2. The molecule has 1 heterocycles. The van der Waals surface area contributed by atoms with Crippen molar-refractivity contribution in [2.24, 2.45) is 0 Å². The molecule has 2 N–H and O–H groups in total. The lowest BCUT2D eigenvalue weighted by atomic mass is 10.2. The van der Waals surface area contributed by atoms with E-state index >= 15 is 0 Å². The van der Waals surface area contributed by atoms with Crippen LogP contribution in [0.15, 0.2) is 22.7 Å². The van der Waals surface area contributed by atoms with Crippen molar-refractivity contribution < 1.29 is 8.42 Å². The van der Waals surface area contributed by atoms with Gasteiger partial charge in [0.05, 0.1) is 0 Å². The lowest BCUT2D eigenvalue weighted by molar-refractivity contribution is 0.262. The van der Waals surface area contributed by atoms with E-state index in [1.165, 1.54) is 6.26 Å². The number of rotatable bonds is 3. The summed E-state index contributed by atoms with van der Waals surface area (Å²) >= 11 is 5.06. The van der Waals surface area contributed by atoms with Gasteiger partial charge in [0.2, 0.25) is 0 Å². The predicted octanol–water partition coefficient (Wildman–Crippen LogP) is 1.95. The number of sulfone groups is 1. The standard InChI is InChI=1S/C12H17BrN2O2S2/c1-19(16,17)12-8-18-5-4-15(12)7-9-2-3-10(13)11(14)6-9/h2-3,6,12H,4-5,7-8,14H2,1H3. The van der Waals surface area contributed by atoms with Gasteiger partial charge >= 0.3 is 0 Å². The minimum Gasteiger partial charge on any atom is -0.398 e. The van der Waals surface area contributed by atoms with Gasteiger partial charge in [0.1, 0.15) is 5.37 Å². The van der Waals surface area contributed by atoms with Crippen LogP contribution in [0.2, 0.25) is 0 Å². The highest BCUT2D eigenvalue weighted by Crippen LogP contribution is 2.25. The van der Waals surface area contributed by atoms with Gasteiger partial charge in [0, 0.05) is 41.0 Å². The molecule has 0 radical (unpaired) electrons. The van der Waals surface area contributed by atoms with E-state index in [1.54, 1.807) is 11.8 Å². The number of nitrogens with zero attached hydrogens (tertiary/aromatic N) is 1. The number of hydrogen-bond donors (Lipinski definition) is 1. The fraction of sp³-hybridized carbons (Fsp3) is 0.500. The maximum absolute atomic E-state index is 11.8. The van der Waals surface area contributed by atoms with Crippen molar-refractivity contribution in [3.8, 4) is 0 Å². The van der Waals surface area contributed by atoms with E-state index in [9.17, 15) is 8.42 Å². The van der Waals surface area contributed by atoms with Crippen LogP contribution in [0.1, 0.15) is 5.56 Å². The fourth-order valence-corrected chi connectivity index (χ4v) is 5.31. The molecular formula is C12H17BrN2O2S2. The van der Waals surface area contributed by atoms with Gasteiger partial charge in [0.25, 0.3) is 0 Å². The molecule has 1 aliphatic heterocycles. The first-order chi connectivity index (χ1) is 8.88. The number of hydrogen-bond acceptors (Lipinski definition) is 5. The first-order valence-corrected chi connectivity index (χ1v) is 9.83. The summed E-state index contributed by atoms with van der Waals surface area (Å²) in [6.07, 6.45) is 1.31. The van der Waals surface area contributed by atoms with E-state index < -0.39 is 15.2 Å². The topological polar surface area (TPSA) is 63.4 Å². The molecule has 1 aromatic rings. The lowest BCUT2D eigenvalue weighted by Crippen LogP contribution is -2.46. The number of thioether (sulfide) groups is 1. The summed E-state index contributed by atoms with van der Waals surface area (Å²) in [5.41, 5.74) is 7.58. The van der Waals surface area contributed by atoms with Gasteiger partial charge in [-0.3, -0.25) is 4.90 Å². The molecule has 0 saturated carbocycles. The van der Waals surface area contributed by atoms with Gasteiger partial charge in [-0.05, 0) is 33.6 Å². The molecule has 106 valence electrons. The molecule has 1 atom stereocenters. The Morgan fingerprint density at radius 2 is 2.26 bits per heavy atom. The van der Waals surface area contributed by atoms with Crippen LogP contribution < -0.4 is 5.73 Å². The van der Waals surface area contributed by atoms with Crippen molar-refractivity contribution in [3.63, 3.8) is 0 Å². The normalized spacial score (nSPS) is 21.5. The zero-order valence-electron chi connectivity index (χ0n) is 10.7. The van der Waals surface area contributed by atoms with E-state index in [1.807, 2.05) is 23.1 Å². The molecule has 1 fully saturated rings. The van der Waals surface area contributed by atoms with Crippen LogP contribution in [-0.2, 0) is 16.4 Å². The minimum absolute atomic E-state index is 0.392. The van der Waals surface area contributed by atoms with Gasteiger partial charge in [-0.15, -0.1) is 0 Å². The molecule has 19 heavy (non-hydrogen) atoms. The van der Waals surface area contributed by atoms with Gasteiger partial charge < -0.3 is 5.73 Å². The molecule has 7 heteroatoms. The fourth-order valence-electron chi connectivity index (χ4n) is 2.12. The van der Waals surface area contributed by atoms with Gasteiger partial charge in [0.15, 0.2) is 9.84 Å². The summed E-state index contributed by atoms with van der Waals surface area (Å²) in [5, 5.41) is -0.392. The molecule has 1 unspecified atom stereocenters. The maximum Gasteiger partial charge on any atom is 0.164 e. The average molecular weight is 365 g/mol. The smallest absolute Gasteiger partial charge is 0.164 e. The highest BCUT2D eigenvalue weighted by molar-refractivity contribution is 9.10. The molecule has 0 amide bonds. The van der Waals surface area contributed by atoms with Crippen LogP contribution in [-0.4, -0.2) is 43.0 Å². The van der Waals surface area contributed by atoms with E-state index in [0.717, 1.165) is 22.3 Å². The van der Waals surface area contributed by atoms with Crippen LogP contribution in [0.4, 0.5) is 5.69 Å². The summed E-state index contributed by atoms with van der Waals surface area (Å²) < 4.78 is 24.5. The molecule has 0 spiro atoms. The second-order valence-electron chi connectivity index (χ2n) is 4.69. The highest BCUT2D eigenvalue weighted by atomic mass is 79.9. The Hall–Kier alpha value is -0.240. The first-order valence-electron chi connectivity index (χ1n) is 5.92. The van der Waals surface area contributed by atoms with Gasteiger partial charge in [-0.25, -0.2) is 8.42 Å². The molecule has 2 rings (SSSR count). The van der Waals surface area contributed by atoms with Crippen molar-refractivity contribution in [3.05, 3.63) is 28.2 Å². The Morgan fingerprint density at radius 1 is 1.53 bits per heavy atom.